The first kappa shape index (κ1) is 28.9. The van der Waals surface area contributed by atoms with Gasteiger partial charge in [-0.1, -0.05) is 122 Å². The lowest BCUT2D eigenvalue weighted by Crippen LogP contribution is -2.41. The molecule has 7 rings (SSSR count). The Balaban J connectivity index is 1.25. The predicted molar refractivity (Wildman–Crippen MR) is 182 cm³/mol. The summed E-state index contributed by atoms with van der Waals surface area (Å²) >= 11 is 0. The molecule has 2 aromatic heterocycles. The van der Waals surface area contributed by atoms with E-state index in [1.807, 2.05) is 85.1 Å². The summed E-state index contributed by atoms with van der Waals surface area (Å²) in [5, 5.41) is 18.1. The van der Waals surface area contributed by atoms with Crippen molar-refractivity contribution < 1.29 is 5.11 Å². The number of rotatable bonds is 8. The number of aromatic nitrogens is 4. The van der Waals surface area contributed by atoms with E-state index in [0.717, 1.165) is 52.6 Å². The molecular formula is C38H34N7O+. The van der Waals surface area contributed by atoms with E-state index in [1.54, 1.807) is 18.7 Å². The van der Waals surface area contributed by atoms with Gasteiger partial charge in [0.1, 0.15) is 11.4 Å². The van der Waals surface area contributed by atoms with E-state index in [4.69, 9.17) is 16.2 Å². The minimum atomic E-state index is -0.741. The highest BCUT2D eigenvalue weighted by Gasteiger charge is 2.44. The van der Waals surface area contributed by atoms with Crippen molar-refractivity contribution in [2.45, 2.75) is 30.2 Å². The molecular weight excluding hydrogens is 570 g/mol. The van der Waals surface area contributed by atoms with E-state index in [-0.39, 0.29) is 17.7 Å². The van der Waals surface area contributed by atoms with Crippen LogP contribution in [0.4, 0.5) is 5.95 Å². The third kappa shape index (κ3) is 4.94. The van der Waals surface area contributed by atoms with Crippen molar-refractivity contribution in [3.8, 4) is 11.1 Å². The Morgan fingerprint density at radius 3 is 1.74 bits per heavy atom. The zero-order chi connectivity index (χ0) is 31.6. The van der Waals surface area contributed by atoms with E-state index >= 15 is 0 Å². The van der Waals surface area contributed by atoms with Gasteiger partial charge in [-0.3, -0.25) is 5.41 Å². The zero-order valence-electron chi connectivity index (χ0n) is 25.2. The molecule has 8 nitrogen and oxygen atoms in total. The van der Waals surface area contributed by atoms with Crippen molar-refractivity contribution in [2.24, 2.45) is 4.99 Å². The normalized spacial score (nSPS) is 14.4. The summed E-state index contributed by atoms with van der Waals surface area (Å²) in [6, 6.07) is 39.1. The van der Waals surface area contributed by atoms with Crippen LogP contribution in [0.15, 0.2) is 145 Å². The first-order valence-electron chi connectivity index (χ1n) is 15.3. The number of hydrogen-bond acceptors (Lipinski definition) is 5. The number of nitrogens with zero attached hydrogens (tertiary/aromatic N) is 5. The lowest BCUT2D eigenvalue weighted by atomic mass is 9.63. The molecule has 5 N–H and O–H groups in total. The Bertz CT molecular complexity index is 1890. The van der Waals surface area contributed by atoms with E-state index in [2.05, 4.69) is 60.9 Å². The molecule has 0 saturated heterocycles. The highest BCUT2D eigenvalue weighted by molar-refractivity contribution is 6.04. The Hall–Kier alpha value is -5.89. The number of nitrogen functional groups attached to an aromatic ring is 1. The first-order chi connectivity index (χ1) is 22.5. The molecule has 2 heterocycles. The second-order valence-electron chi connectivity index (χ2n) is 11.6. The molecule has 0 unspecified atom stereocenters. The molecule has 0 amide bonds. The van der Waals surface area contributed by atoms with E-state index in [1.165, 1.54) is 0 Å². The summed E-state index contributed by atoms with van der Waals surface area (Å²) in [5.74, 6) is 0.387. The number of amidine groups is 1. The first-order valence-corrected chi connectivity index (χ1v) is 15.3. The summed E-state index contributed by atoms with van der Waals surface area (Å²) in [7, 11) is 0. The van der Waals surface area contributed by atoms with Crippen LogP contribution in [-0.4, -0.2) is 36.4 Å². The maximum Gasteiger partial charge on any atom is 0.386 e. The maximum atomic E-state index is 9.11. The Morgan fingerprint density at radius 2 is 1.26 bits per heavy atom. The number of benzene rings is 4. The lowest BCUT2D eigenvalue weighted by molar-refractivity contribution is 0.336. The maximum absolute atomic E-state index is 9.11. The highest BCUT2D eigenvalue weighted by atomic mass is 16.3. The summed E-state index contributed by atoms with van der Waals surface area (Å²) in [6.45, 7) is 0. The minimum Gasteiger partial charge on any atom is -0.577 e. The SMILES string of the molecule is N=C(N=C([OH2+])c1cn(C(c2ccccc2)(c2ccccc2)c2ccccc2)cn1)C1(c2ccc(-c3cnc(N)nc3)cc2)CCC1. The van der Waals surface area contributed by atoms with Crippen LogP contribution >= 0.6 is 0 Å². The third-order valence-electron chi connectivity index (χ3n) is 9.11. The van der Waals surface area contributed by atoms with Crippen LogP contribution in [0.3, 0.4) is 0 Å². The van der Waals surface area contributed by atoms with Gasteiger partial charge in [0.2, 0.25) is 5.95 Å². The van der Waals surface area contributed by atoms with Crippen LogP contribution in [0, 0.1) is 5.41 Å². The summed E-state index contributed by atoms with van der Waals surface area (Å²) in [5.41, 5.74) is 10.8. The molecule has 46 heavy (non-hydrogen) atoms. The van der Waals surface area contributed by atoms with Crippen LogP contribution in [-0.2, 0) is 11.0 Å². The van der Waals surface area contributed by atoms with Gasteiger partial charge >= 0.3 is 5.90 Å². The quantitative estimate of drug-likeness (QED) is 0.0910. The largest absolute Gasteiger partial charge is 0.577 e. The molecule has 0 aliphatic heterocycles. The fraction of sp³-hybridized carbons (Fsp3) is 0.132. The molecule has 1 aliphatic carbocycles. The molecule has 0 atom stereocenters. The Morgan fingerprint density at radius 1 is 0.739 bits per heavy atom. The van der Waals surface area contributed by atoms with E-state index in [9.17, 15) is 0 Å². The van der Waals surface area contributed by atoms with Crippen molar-refractivity contribution >= 4 is 17.7 Å². The van der Waals surface area contributed by atoms with Gasteiger partial charge in [-0.2, -0.15) is 0 Å². The van der Waals surface area contributed by atoms with Gasteiger partial charge in [-0.15, -0.1) is 4.99 Å². The molecule has 8 heteroatoms. The van der Waals surface area contributed by atoms with Crippen molar-refractivity contribution in [2.75, 3.05) is 5.73 Å². The lowest BCUT2D eigenvalue weighted by Gasteiger charge is -2.41. The smallest absolute Gasteiger partial charge is 0.386 e. The number of nitrogens with two attached hydrogens (primary N) is 1. The second-order valence-corrected chi connectivity index (χ2v) is 11.6. The molecule has 1 saturated carbocycles. The molecule has 0 radical (unpaired) electrons. The van der Waals surface area contributed by atoms with Crippen molar-refractivity contribution in [1.82, 2.24) is 19.5 Å². The van der Waals surface area contributed by atoms with Crippen molar-refractivity contribution in [1.29, 1.82) is 5.41 Å². The molecule has 1 aliphatic rings. The summed E-state index contributed by atoms with van der Waals surface area (Å²) < 4.78 is 2.06. The second kappa shape index (κ2) is 11.9. The van der Waals surface area contributed by atoms with Crippen molar-refractivity contribution in [3.63, 3.8) is 0 Å². The molecule has 6 aromatic rings. The number of anilines is 1. The topological polar surface area (TPSA) is 129 Å². The average molecular weight is 605 g/mol. The van der Waals surface area contributed by atoms with Crippen LogP contribution in [0.25, 0.3) is 11.1 Å². The van der Waals surface area contributed by atoms with Gasteiger partial charge in [0, 0.05) is 24.2 Å². The third-order valence-corrected chi connectivity index (χ3v) is 9.11. The average Bonchev–Trinajstić information content (AvgIpc) is 3.58. The minimum absolute atomic E-state index is 0.0336. The fourth-order valence-electron chi connectivity index (χ4n) is 6.55. The Kier molecular flexibility index (Phi) is 7.46. The molecule has 1 fully saturated rings. The van der Waals surface area contributed by atoms with Gasteiger partial charge in [0.15, 0.2) is 5.69 Å². The number of imidazole rings is 1. The number of nitrogens with one attached hydrogen (secondary N) is 1. The summed E-state index contributed by atoms with van der Waals surface area (Å²) in [4.78, 5) is 17.5. The van der Waals surface area contributed by atoms with Gasteiger partial charge in [-0.05, 0) is 40.7 Å². The van der Waals surface area contributed by atoms with Gasteiger partial charge in [-0.25, -0.2) is 15.0 Å². The fourth-order valence-corrected chi connectivity index (χ4v) is 6.55. The van der Waals surface area contributed by atoms with Gasteiger partial charge in [0.25, 0.3) is 0 Å². The van der Waals surface area contributed by atoms with Crippen LogP contribution in [0.5, 0.6) is 0 Å². The number of hydrogen-bond donors (Lipinski definition) is 2. The van der Waals surface area contributed by atoms with Crippen LogP contribution < -0.4 is 5.73 Å². The molecule has 0 bridgehead atoms. The highest BCUT2D eigenvalue weighted by Crippen LogP contribution is 2.46. The van der Waals surface area contributed by atoms with Crippen LogP contribution in [0.1, 0.15) is 47.2 Å². The van der Waals surface area contributed by atoms with Gasteiger partial charge < -0.3 is 15.4 Å². The predicted octanol–water partition coefficient (Wildman–Crippen LogP) is 6.33. The van der Waals surface area contributed by atoms with Crippen molar-refractivity contribution in [3.05, 3.63) is 168 Å². The van der Waals surface area contributed by atoms with E-state index < -0.39 is 11.0 Å². The molecule has 226 valence electrons. The summed E-state index contributed by atoms with van der Waals surface area (Å²) in [6.07, 6.45) is 9.67. The monoisotopic (exact) mass is 604 g/mol. The zero-order valence-corrected chi connectivity index (χ0v) is 25.2. The van der Waals surface area contributed by atoms with E-state index in [0.29, 0.717) is 5.69 Å². The van der Waals surface area contributed by atoms with Crippen LogP contribution in [0.2, 0.25) is 0 Å². The molecule has 0 spiro atoms. The standard InChI is InChI=1S/C38H33N7O/c39-35(37(21-10-22-37)29-19-17-27(18-20-29)28-23-41-36(40)42-24-28)44-34(46)33-25-45(26-43-33)38(30-11-4-1-5-12-30,31-13-6-2-7-14-31)32-15-8-3-9-16-32/h1-9,11-20,23-26H,10,21-22H2,(H2,39,44,46)(H2,40,41,42)/p+1. The number of aliphatic imine (C=N–C) groups is 1. The Labute approximate surface area is 267 Å². The van der Waals surface area contributed by atoms with Gasteiger partial charge in [0.05, 0.1) is 11.7 Å². The molecule has 4 aromatic carbocycles.